The minimum absolute atomic E-state index is 0.116. The average Bonchev–Trinajstić information content (AvgIpc) is 3.43. The smallest absolute Gasteiger partial charge is 0.331 e. The Morgan fingerprint density at radius 3 is 2.31 bits per heavy atom. The van der Waals surface area contributed by atoms with Crippen molar-refractivity contribution >= 4 is 12.3 Å². The first-order chi connectivity index (χ1) is 30.4. The molecule has 0 aromatic heterocycles. The van der Waals surface area contributed by atoms with Crippen LogP contribution in [-0.2, 0) is 61.7 Å². The Balaban J connectivity index is 0.776. The van der Waals surface area contributed by atoms with Gasteiger partial charge >= 0.3 is 5.97 Å². The van der Waals surface area contributed by atoms with Gasteiger partial charge in [-0.2, -0.15) is 0 Å². The second-order valence-corrected chi connectivity index (χ2v) is 22.7. The largest absolute Gasteiger partial charge is 0.456 e. The Morgan fingerprint density at radius 2 is 1.50 bits per heavy atom. The lowest BCUT2D eigenvalue weighted by molar-refractivity contribution is -0.356. The van der Waals surface area contributed by atoms with Gasteiger partial charge in [-0.25, -0.2) is 4.79 Å². The topological polar surface area (TPSA) is 156 Å². The van der Waals surface area contributed by atoms with E-state index in [-0.39, 0.29) is 110 Å². The summed E-state index contributed by atoms with van der Waals surface area (Å²) >= 11 is 0. The maximum absolute atomic E-state index is 12.3. The van der Waals surface area contributed by atoms with Crippen LogP contribution in [0.2, 0.25) is 0 Å². The molecule has 1 N–H and O–H groups in total. The third-order valence-corrected chi connectivity index (χ3v) is 17.8. The summed E-state index contributed by atoms with van der Waals surface area (Å²) < 4.78 is 75.6. The highest BCUT2D eigenvalue weighted by atomic mass is 16.7. The van der Waals surface area contributed by atoms with Crippen LogP contribution in [0.15, 0.2) is 36.0 Å². The van der Waals surface area contributed by atoms with E-state index in [1.807, 2.05) is 13.8 Å². The first-order valence-electron chi connectivity index (χ1n) is 24.4. The van der Waals surface area contributed by atoms with Crippen molar-refractivity contribution in [3.63, 3.8) is 0 Å². The van der Waals surface area contributed by atoms with Crippen molar-refractivity contribution in [1.29, 1.82) is 0 Å². The number of rotatable bonds is 3. The molecule has 9 fully saturated rings. The molecule has 0 bridgehead atoms. The zero-order valence-electron chi connectivity index (χ0n) is 38.6. The van der Waals surface area contributed by atoms with Crippen LogP contribution in [0.25, 0.3) is 0 Å². The first kappa shape index (κ1) is 44.4. The van der Waals surface area contributed by atoms with E-state index in [9.17, 15) is 14.7 Å². The maximum Gasteiger partial charge on any atom is 0.331 e. The lowest BCUT2D eigenvalue weighted by Crippen LogP contribution is -2.70. The molecule has 11 aliphatic rings. The zero-order valence-corrected chi connectivity index (χ0v) is 38.6. The predicted molar refractivity (Wildman–Crippen MR) is 228 cm³/mol. The van der Waals surface area contributed by atoms with Crippen molar-refractivity contribution in [1.82, 2.24) is 0 Å². The zero-order chi connectivity index (χ0) is 44.7. The fraction of sp³-hybridized carbons (Fsp3) is 0.840. The summed E-state index contributed by atoms with van der Waals surface area (Å²) in [5.74, 6) is -0.146. The van der Waals surface area contributed by atoms with Gasteiger partial charge in [0.1, 0.15) is 30.2 Å². The minimum atomic E-state index is -0.911. The van der Waals surface area contributed by atoms with Gasteiger partial charge in [-0.1, -0.05) is 25.7 Å². The highest BCUT2D eigenvalue weighted by Crippen LogP contribution is 2.55. The normalized spacial score (nSPS) is 56.4. The van der Waals surface area contributed by atoms with Gasteiger partial charge in [0, 0.05) is 57.4 Å². The maximum atomic E-state index is 12.3. The number of carbonyl (C=O) groups excluding carboxylic acids is 2. The van der Waals surface area contributed by atoms with E-state index in [1.54, 1.807) is 6.08 Å². The molecule has 23 atom stereocenters. The van der Waals surface area contributed by atoms with Crippen LogP contribution < -0.4 is 0 Å². The number of esters is 1. The molecule has 0 radical (unpaired) electrons. The molecule has 0 aromatic rings. The van der Waals surface area contributed by atoms with Crippen LogP contribution in [0.4, 0.5) is 0 Å². The van der Waals surface area contributed by atoms with Crippen LogP contribution in [0.1, 0.15) is 126 Å². The minimum Gasteiger partial charge on any atom is -0.456 e. The number of fused-ring (bicyclic) bond motifs is 10. The number of aliphatic hydroxyl groups excluding tert-OH is 1. The molecule has 11 aliphatic heterocycles. The summed E-state index contributed by atoms with van der Waals surface area (Å²) in [6, 6.07) is 0. The lowest BCUT2D eigenvalue weighted by atomic mass is 9.72. The van der Waals surface area contributed by atoms with E-state index in [0.717, 1.165) is 31.1 Å². The fourth-order valence-corrected chi connectivity index (χ4v) is 14.0. The number of hydrogen-bond acceptors (Lipinski definition) is 14. The molecule has 11 heterocycles. The van der Waals surface area contributed by atoms with Gasteiger partial charge in [0.05, 0.1) is 108 Å². The summed E-state index contributed by atoms with van der Waals surface area (Å²) in [5, 5.41) is 11.4. The van der Waals surface area contributed by atoms with E-state index in [4.69, 9.17) is 52.1 Å². The average molecular weight is 895 g/mol. The van der Waals surface area contributed by atoms with Crippen molar-refractivity contribution in [3.8, 4) is 0 Å². The molecule has 64 heavy (non-hydrogen) atoms. The van der Waals surface area contributed by atoms with Crippen molar-refractivity contribution in [2.45, 2.75) is 257 Å². The molecule has 0 aliphatic carbocycles. The number of carbonyl (C=O) groups is 2. The summed E-state index contributed by atoms with van der Waals surface area (Å²) in [5.41, 5.74) is -1.96. The number of aldehydes is 1. The Labute approximate surface area is 377 Å². The van der Waals surface area contributed by atoms with E-state index < -0.39 is 34.1 Å². The summed E-state index contributed by atoms with van der Waals surface area (Å²) in [6.07, 6.45) is 9.57. The predicted octanol–water partition coefficient (Wildman–Crippen LogP) is 5.47. The van der Waals surface area contributed by atoms with Gasteiger partial charge in [0.2, 0.25) is 0 Å². The number of aliphatic hydroxyl groups is 1. The highest BCUT2D eigenvalue weighted by Gasteiger charge is 2.64. The monoisotopic (exact) mass is 894 g/mol. The highest BCUT2D eigenvalue weighted by molar-refractivity contribution is 5.84. The molecular weight excluding hydrogens is 825 g/mol. The third kappa shape index (κ3) is 7.38. The fourth-order valence-electron chi connectivity index (χ4n) is 14.0. The van der Waals surface area contributed by atoms with E-state index in [2.05, 4.69) is 53.3 Å². The second kappa shape index (κ2) is 15.7. The van der Waals surface area contributed by atoms with Crippen LogP contribution >= 0.6 is 0 Å². The lowest BCUT2D eigenvalue weighted by Gasteiger charge is -2.60. The van der Waals surface area contributed by atoms with E-state index in [1.165, 1.54) is 0 Å². The van der Waals surface area contributed by atoms with Gasteiger partial charge in [-0.05, 0) is 84.3 Å². The molecular formula is C50H70O14. The summed E-state index contributed by atoms with van der Waals surface area (Å²) in [4.78, 5) is 23.6. The molecule has 14 nitrogen and oxygen atoms in total. The molecule has 0 amide bonds. The van der Waals surface area contributed by atoms with Gasteiger partial charge in [-0.15, -0.1) is 0 Å². The molecule has 14 heteroatoms. The standard InChI is InChI=1S/C50H70O14/c1-25(24-51)14-28-17-37(52)50(8)41(54-28)19-33-34(61-50)18-32-29(55-33)10-9-12-46(4)42(58-32)23-49(7)40(62-46)21-39-47(5,64-49)13-11-30-44(60-39)26(2)15-31-36(56-30)22-48(6)38(57-31)20-35-45(63-48)27(3)16-43(53)59-35/h9-10,16,24,26,28-42,44-45,52H,1,11-15,17-23H2,2-8H3/t26-,28-,29?,30+,31?,32+,33?,34-,35?,36-,37+,38?,39?,40?,41?,42-,44?,45-,46+,47-,48+,49+,50+/m1/s1. The van der Waals surface area contributed by atoms with Crippen molar-refractivity contribution in [2.75, 3.05) is 0 Å². The Morgan fingerprint density at radius 1 is 0.734 bits per heavy atom. The van der Waals surface area contributed by atoms with Crippen molar-refractivity contribution in [3.05, 3.63) is 36.0 Å². The van der Waals surface area contributed by atoms with Crippen molar-refractivity contribution in [2.24, 2.45) is 5.92 Å². The summed E-state index contributed by atoms with van der Waals surface area (Å²) in [7, 11) is 0. The molecule has 354 valence electrons. The van der Waals surface area contributed by atoms with Crippen LogP contribution in [0, 0.1) is 5.92 Å². The van der Waals surface area contributed by atoms with Gasteiger partial charge in [0.15, 0.2) is 0 Å². The first-order valence-corrected chi connectivity index (χ1v) is 24.4. The van der Waals surface area contributed by atoms with Crippen LogP contribution in [-0.4, -0.2) is 149 Å². The van der Waals surface area contributed by atoms with Gasteiger partial charge < -0.3 is 57.2 Å². The van der Waals surface area contributed by atoms with Gasteiger partial charge in [-0.3, -0.25) is 4.79 Å². The van der Waals surface area contributed by atoms with Crippen LogP contribution in [0.5, 0.6) is 0 Å². The quantitative estimate of drug-likeness (QED) is 0.165. The van der Waals surface area contributed by atoms with E-state index >= 15 is 0 Å². The number of hydrogen-bond donors (Lipinski definition) is 1. The third-order valence-electron chi connectivity index (χ3n) is 17.8. The second-order valence-electron chi connectivity index (χ2n) is 22.7. The van der Waals surface area contributed by atoms with E-state index in [0.29, 0.717) is 63.4 Å². The Kier molecular flexibility index (Phi) is 10.9. The molecule has 11 rings (SSSR count). The Bertz CT molecular complexity index is 1940. The Hall–Kier alpha value is -2.08. The summed E-state index contributed by atoms with van der Waals surface area (Å²) in [6.45, 7) is 18.7. The molecule has 9 saturated heterocycles. The molecule has 0 spiro atoms. The molecule has 0 saturated carbocycles. The van der Waals surface area contributed by atoms with Crippen molar-refractivity contribution < 1.29 is 66.8 Å². The molecule has 9 unspecified atom stereocenters. The van der Waals surface area contributed by atoms with Gasteiger partial charge in [0.25, 0.3) is 0 Å². The van der Waals surface area contributed by atoms with Crippen LogP contribution in [0.3, 0.4) is 0 Å². The molecule has 0 aromatic carbocycles. The number of ether oxygens (including phenoxy) is 11. The SMILES string of the molecule is C=C(C=O)C[C@@H]1C[C@H](O)[C@]2(C)O[C@@H]3C[C@@H]4O[C@@H]5C[C@]6(C)O[C@]7(C)CC[C@@H]8O[C@@H]9C[C@]%10(C)O[C@@H]%11C(C)=CC(=O)OC%11CC%10OC9C[C@@H](C)C8OC7CC6O[C@@]5(C)CC=CC4OC3CC2O1.